The van der Waals surface area contributed by atoms with Crippen molar-refractivity contribution in [3.63, 3.8) is 0 Å². The predicted molar refractivity (Wildman–Crippen MR) is 133 cm³/mol. The third-order valence-corrected chi connectivity index (χ3v) is 7.80. The van der Waals surface area contributed by atoms with E-state index in [1.54, 1.807) is 24.6 Å². The van der Waals surface area contributed by atoms with Gasteiger partial charge in [0, 0.05) is 48.9 Å². The van der Waals surface area contributed by atoms with Gasteiger partial charge in [-0.1, -0.05) is 0 Å². The second kappa shape index (κ2) is 8.60. The van der Waals surface area contributed by atoms with Crippen molar-refractivity contribution in [1.29, 1.82) is 0 Å². The van der Waals surface area contributed by atoms with Crippen LogP contribution in [0.5, 0.6) is 0 Å². The molecule has 6 rings (SSSR count). The molecule has 1 saturated heterocycles. The van der Waals surface area contributed by atoms with Crippen molar-refractivity contribution in [3.8, 4) is 11.3 Å². The second-order valence-electron chi connectivity index (χ2n) is 10.3. The first-order valence-electron chi connectivity index (χ1n) is 12.6. The number of pyridine rings is 1. The van der Waals surface area contributed by atoms with E-state index in [0.29, 0.717) is 34.6 Å². The van der Waals surface area contributed by atoms with Gasteiger partial charge in [0.15, 0.2) is 0 Å². The zero-order valence-electron chi connectivity index (χ0n) is 20.4. The lowest BCUT2D eigenvalue weighted by atomic mass is 9.80. The minimum Gasteiger partial charge on any atom is -0.350 e. The van der Waals surface area contributed by atoms with Gasteiger partial charge in [-0.3, -0.25) is 9.79 Å². The van der Waals surface area contributed by atoms with Crippen molar-refractivity contribution in [2.45, 2.75) is 63.8 Å². The number of anilines is 1. The molecule has 2 aliphatic heterocycles. The summed E-state index contributed by atoms with van der Waals surface area (Å²) in [5.74, 6) is 1.10. The zero-order valence-corrected chi connectivity index (χ0v) is 20.4. The van der Waals surface area contributed by atoms with E-state index in [0.717, 1.165) is 49.9 Å². The first-order chi connectivity index (χ1) is 17.3. The number of nitrogens with zero attached hydrogens (tertiary/aromatic N) is 6. The molecule has 0 aromatic carbocycles. The monoisotopic (exact) mass is 493 g/mol. The minimum atomic E-state index is -2.45. The molecule has 1 unspecified atom stereocenters. The summed E-state index contributed by atoms with van der Waals surface area (Å²) in [6, 6.07) is 5.84. The number of nitrogens with one attached hydrogen (secondary N) is 1. The smallest absolute Gasteiger partial charge is 0.241 e. The van der Waals surface area contributed by atoms with Crippen molar-refractivity contribution in [3.05, 3.63) is 36.3 Å². The maximum Gasteiger partial charge on any atom is 0.241 e. The molecule has 10 heteroatoms. The molecule has 1 aliphatic carbocycles. The Hall–Kier alpha value is -3.43. The Labute approximate surface area is 207 Å². The molecule has 3 aromatic heterocycles. The number of halogens is 2. The summed E-state index contributed by atoms with van der Waals surface area (Å²) >= 11 is 0. The van der Waals surface area contributed by atoms with Crippen molar-refractivity contribution in [2.24, 2.45) is 10.9 Å². The molecule has 3 aromatic rings. The number of carbonyl (C=O) groups excluding carboxylic acids is 1. The van der Waals surface area contributed by atoms with E-state index in [-0.39, 0.29) is 18.4 Å². The summed E-state index contributed by atoms with van der Waals surface area (Å²) in [6.45, 7) is 5.10. The molecular formula is C26H29F2N7O. The van der Waals surface area contributed by atoms with Crippen LogP contribution < -0.4 is 5.32 Å². The second-order valence-corrected chi connectivity index (χ2v) is 10.3. The molecule has 188 valence electrons. The van der Waals surface area contributed by atoms with Crippen molar-refractivity contribution in [2.75, 3.05) is 18.4 Å². The summed E-state index contributed by atoms with van der Waals surface area (Å²) < 4.78 is 28.5. The van der Waals surface area contributed by atoms with E-state index in [1.165, 1.54) is 0 Å². The molecule has 0 radical (unpaired) electrons. The Balaban J connectivity index is 1.20. The largest absolute Gasteiger partial charge is 0.350 e. The van der Waals surface area contributed by atoms with E-state index in [1.807, 2.05) is 29.3 Å². The van der Waals surface area contributed by atoms with Crippen LogP contribution in [0.25, 0.3) is 16.8 Å². The number of likely N-dealkylation sites (tertiary alicyclic amines) is 1. The van der Waals surface area contributed by atoms with Gasteiger partial charge < -0.3 is 10.2 Å². The molecule has 1 amide bonds. The molecule has 3 aliphatic rings. The standard InChI is InChI=1S/C26H29F2N7O/c1-15-26(2,13-22(27)28)23-20(30-15)6-5-19(32-23)18-9-12-35-21(18)14-29-25(33-35)31-17-7-10-34(11-8-17)24(36)16-3-4-16/h5-6,9,12,14,16-17,22H,3-4,7-8,10-11,13H2,1-2H3,(H,31,33). The highest BCUT2D eigenvalue weighted by Gasteiger charge is 2.41. The maximum atomic E-state index is 13.4. The number of hydrogen-bond acceptors (Lipinski definition) is 6. The van der Waals surface area contributed by atoms with E-state index < -0.39 is 11.8 Å². The van der Waals surface area contributed by atoms with Crippen LogP contribution in [0, 0.1) is 5.92 Å². The molecule has 0 bridgehead atoms. The summed E-state index contributed by atoms with van der Waals surface area (Å²) in [7, 11) is 0. The predicted octanol–water partition coefficient (Wildman–Crippen LogP) is 4.62. The van der Waals surface area contributed by atoms with Crippen molar-refractivity contribution >= 4 is 28.8 Å². The van der Waals surface area contributed by atoms with Crippen LogP contribution in [0.4, 0.5) is 20.4 Å². The van der Waals surface area contributed by atoms with Gasteiger partial charge in [-0.05, 0) is 57.7 Å². The van der Waals surface area contributed by atoms with Gasteiger partial charge in [0.05, 0.1) is 34.2 Å². The van der Waals surface area contributed by atoms with Gasteiger partial charge >= 0.3 is 0 Å². The molecule has 1 atom stereocenters. The fourth-order valence-corrected chi connectivity index (χ4v) is 5.32. The Bertz CT molecular complexity index is 1360. The Kier molecular flexibility index (Phi) is 5.49. The molecular weight excluding hydrogens is 464 g/mol. The third-order valence-electron chi connectivity index (χ3n) is 7.80. The van der Waals surface area contributed by atoms with E-state index in [2.05, 4.69) is 20.4 Å². The van der Waals surface area contributed by atoms with Gasteiger partial charge in [-0.25, -0.2) is 23.3 Å². The van der Waals surface area contributed by atoms with Gasteiger partial charge in [0.2, 0.25) is 18.3 Å². The van der Waals surface area contributed by atoms with E-state index in [4.69, 9.17) is 4.98 Å². The first kappa shape index (κ1) is 23.0. The average Bonchev–Trinajstić information content (AvgIpc) is 3.58. The number of alkyl halides is 2. The average molecular weight is 494 g/mol. The Morgan fingerprint density at radius 2 is 1.97 bits per heavy atom. The quantitative estimate of drug-likeness (QED) is 0.541. The molecule has 36 heavy (non-hydrogen) atoms. The van der Waals surface area contributed by atoms with Gasteiger partial charge in [-0.15, -0.1) is 5.10 Å². The normalized spacial score (nSPS) is 22.2. The number of rotatable bonds is 6. The zero-order chi connectivity index (χ0) is 25.0. The van der Waals surface area contributed by atoms with Crippen LogP contribution >= 0.6 is 0 Å². The van der Waals surface area contributed by atoms with Gasteiger partial charge in [0.1, 0.15) is 0 Å². The minimum absolute atomic E-state index is 0.217. The van der Waals surface area contributed by atoms with Crippen LogP contribution in [0.3, 0.4) is 0 Å². The Morgan fingerprint density at radius 1 is 1.19 bits per heavy atom. The topological polar surface area (TPSA) is 87.8 Å². The first-order valence-corrected chi connectivity index (χ1v) is 12.6. The number of fused-ring (bicyclic) bond motifs is 2. The molecule has 2 fully saturated rings. The lowest BCUT2D eigenvalue weighted by Gasteiger charge is -2.32. The number of aromatic nitrogens is 4. The van der Waals surface area contributed by atoms with Crippen LogP contribution in [-0.2, 0) is 10.2 Å². The number of hydrogen-bond donors (Lipinski definition) is 1. The molecule has 8 nitrogen and oxygen atoms in total. The number of aliphatic imine (C=N–C) groups is 1. The highest BCUT2D eigenvalue weighted by Crippen LogP contribution is 2.43. The summed E-state index contributed by atoms with van der Waals surface area (Å²) in [6.07, 6.45) is 4.66. The fraction of sp³-hybridized carbons (Fsp3) is 0.500. The molecule has 1 saturated carbocycles. The third kappa shape index (κ3) is 4.02. The van der Waals surface area contributed by atoms with Crippen LogP contribution in [0.2, 0.25) is 0 Å². The lowest BCUT2D eigenvalue weighted by Crippen LogP contribution is -2.43. The van der Waals surface area contributed by atoms with E-state index in [9.17, 15) is 13.6 Å². The van der Waals surface area contributed by atoms with Gasteiger partial charge in [-0.2, -0.15) is 0 Å². The lowest BCUT2D eigenvalue weighted by molar-refractivity contribution is -0.133. The number of carbonyl (C=O) groups is 1. The Morgan fingerprint density at radius 3 is 2.69 bits per heavy atom. The van der Waals surface area contributed by atoms with Crippen LogP contribution in [0.1, 0.15) is 51.6 Å². The highest BCUT2D eigenvalue weighted by atomic mass is 19.3. The fourth-order valence-electron chi connectivity index (χ4n) is 5.32. The van der Waals surface area contributed by atoms with Crippen molar-refractivity contribution in [1.82, 2.24) is 24.5 Å². The molecule has 0 spiro atoms. The maximum absolute atomic E-state index is 13.4. The van der Waals surface area contributed by atoms with Crippen LogP contribution in [0.15, 0.2) is 35.6 Å². The van der Waals surface area contributed by atoms with Gasteiger partial charge in [0.25, 0.3) is 0 Å². The summed E-state index contributed by atoms with van der Waals surface area (Å²) in [4.78, 5) is 28.1. The summed E-state index contributed by atoms with van der Waals surface area (Å²) in [5, 5.41) is 8.04. The number of amides is 1. The van der Waals surface area contributed by atoms with E-state index >= 15 is 0 Å². The highest BCUT2D eigenvalue weighted by molar-refractivity contribution is 5.99. The molecule has 1 N–H and O–H groups in total. The number of piperidine rings is 1. The molecule has 5 heterocycles. The SMILES string of the molecule is CC1=Nc2ccc(-c3ccn4nc(NC5CCN(C(=O)C6CC6)CC5)ncc34)nc2C1(C)CC(F)F. The summed E-state index contributed by atoms with van der Waals surface area (Å²) in [5.41, 5.74) is 3.30. The van der Waals surface area contributed by atoms with Crippen molar-refractivity contribution < 1.29 is 13.6 Å². The van der Waals surface area contributed by atoms with Crippen LogP contribution in [-0.4, -0.2) is 61.7 Å².